The number of aromatic nitrogens is 2. The molecule has 0 aliphatic heterocycles. The highest BCUT2D eigenvalue weighted by Gasteiger charge is 2.24. The Morgan fingerprint density at radius 1 is 1.37 bits per heavy atom. The largest absolute Gasteiger partial charge is 0.508 e. The number of hydrogen-bond acceptors (Lipinski definition) is 6. The van der Waals surface area contributed by atoms with Gasteiger partial charge in [-0.05, 0) is 26.0 Å². The summed E-state index contributed by atoms with van der Waals surface area (Å²) in [5.74, 6) is 0.424. The summed E-state index contributed by atoms with van der Waals surface area (Å²) < 4.78 is 27.9. The number of hydrogen-bond donors (Lipinski definition) is 1. The van der Waals surface area contributed by atoms with Crippen LogP contribution in [0.3, 0.4) is 0 Å². The monoisotopic (exact) mass is 282 g/mol. The lowest BCUT2D eigenvalue weighted by Crippen LogP contribution is -2.09. The third-order valence-electron chi connectivity index (χ3n) is 2.98. The van der Waals surface area contributed by atoms with Crippen molar-refractivity contribution >= 4 is 9.84 Å². The summed E-state index contributed by atoms with van der Waals surface area (Å²) in [4.78, 5) is 4.08. The van der Waals surface area contributed by atoms with Crippen LogP contribution in [0.5, 0.6) is 5.75 Å². The third-order valence-corrected chi connectivity index (χ3v) is 4.48. The minimum absolute atomic E-state index is 0.111. The van der Waals surface area contributed by atoms with Crippen molar-refractivity contribution in [2.24, 2.45) is 0 Å². The van der Waals surface area contributed by atoms with Crippen molar-refractivity contribution in [2.75, 3.05) is 6.26 Å². The molecule has 1 heterocycles. The van der Waals surface area contributed by atoms with Crippen molar-refractivity contribution < 1.29 is 18.0 Å². The highest BCUT2D eigenvalue weighted by molar-refractivity contribution is 7.90. The van der Waals surface area contributed by atoms with Crippen molar-refractivity contribution in [1.29, 1.82) is 0 Å². The molecule has 7 heteroatoms. The van der Waals surface area contributed by atoms with Gasteiger partial charge >= 0.3 is 0 Å². The average Bonchev–Trinajstić information content (AvgIpc) is 2.79. The van der Waals surface area contributed by atoms with Crippen LogP contribution in [0.15, 0.2) is 22.7 Å². The lowest BCUT2D eigenvalue weighted by Gasteiger charge is -2.03. The smallest absolute Gasteiger partial charge is 0.258 e. The molecule has 1 atom stereocenters. The maximum absolute atomic E-state index is 11.4. The van der Waals surface area contributed by atoms with Crippen LogP contribution in [0.4, 0.5) is 0 Å². The normalized spacial score (nSPS) is 13.4. The third kappa shape index (κ3) is 2.60. The molecule has 0 aliphatic rings. The van der Waals surface area contributed by atoms with Crippen molar-refractivity contribution in [2.45, 2.75) is 19.1 Å². The Balaban J connectivity index is 2.45. The molecule has 0 aliphatic carbocycles. The number of phenols is 1. The maximum Gasteiger partial charge on any atom is 0.258 e. The van der Waals surface area contributed by atoms with Crippen LogP contribution < -0.4 is 0 Å². The van der Waals surface area contributed by atoms with E-state index in [1.54, 1.807) is 25.1 Å². The molecule has 19 heavy (non-hydrogen) atoms. The van der Waals surface area contributed by atoms with E-state index >= 15 is 0 Å². The van der Waals surface area contributed by atoms with Crippen LogP contribution in [0.2, 0.25) is 0 Å². The van der Waals surface area contributed by atoms with Crippen LogP contribution in [0.1, 0.15) is 23.6 Å². The number of nitrogens with zero attached hydrogens (tertiary/aromatic N) is 2. The zero-order chi connectivity index (χ0) is 14.2. The van der Waals surface area contributed by atoms with E-state index in [1.807, 2.05) is 0 Å². The van der Waals surface area contributed by atoms with E-state index in [2.05, 4.69) is 10.1 Å². The summed E-state index contributed by atoms with van der Waals surface area (Å²) >= 11 is 0. The highest BCUT2D eigenvalue weighted by atomic mass is 32.2. The molecule has 1 aromatic heterocycles. The SMILES string of the molecule is Cc1c(O)cccc1-c1nc(C(C)S(C)(=O)=O)no1. The molecular formula is C12H14N2O4S. The van der Waals surface area contributed by atoms with Gasteiger partial charge in [-0.15, -0.1) is 0 Å². The highest BCUT2D eigenvalue weighted by Crippen LogP contribution is 2.29. The van der Waals surface area contributed by atoms with Gasteiger partial charge in [-0.2, -0.15) is 4.98 Å². The summed E-state index contributed by atoms with van der Waals surface area (Å²) in [5.41, 5.74) is 1.18. The Hall–Kier alpha value is -1.89. The predicted octanol–water partition coefficient (Wildman–Crippen LogP) is 1.86. The Kier molecular flexibility index (Phi) is 3.32. The first-order valence-corrected chi connectivity index (χ1v) is 7.57. The minimum Gasteiger partial charge on any atom is -0.508 e. The standard InChI is InChI=1S/C12H14N2O4S/c1-7-9(5-4-6-10(7)15)12-13-11(14-18-12)8(2)19(3,16)17/h4-6,8,15H,1-3H3. The van der Waals surface area contributed by atoms with E-state index in [4.69, 9.17) is 4.52 Å². The molecule has 0 bridgehead atoms. The van der Waals surface area contributed by atoms with Crippen molar-refractivity contribution in [3.8, 4) is 17.2 Å². The molecule has 0 saturated heterocycles. The lowest BCUT2D eigenvalue weighted by molar-refractivity contribution is 0.420. The molecule has 102 valence electrons. The van der Waals surface area contributed by atoms with Crippen molar-refractivity contribution in [3.05, 3.63) is 29.6 Å². The summed E-state index contributed by atoms with van der Waals surface area (Å²) in [7, 11) is -3.28. The molecule has 0 radical (unpaired) electrons. The minimum atomic E-state index is -3.28. The van der Waals surface area contributed by atoms with Crippen LogP contribution in [0, 0.1) is 6.92 Å². The Bertz CT molecular complexity index is 706. The van der Waals surface area contributed by atoms with Crippen LogP contribution >= 0.6 is 0 Å². The molecule has 2 rings (SSSR count). The second-order valence-electron chi connectivity index (χ2n) is 4.38. The first kappa shape index (κ1) is 13.5. The molecule has 0 amide bonds. The Morgan fingerprint density at radius 3 is 2.68 bits per heavy atom. The average molecular weight is 282 g/mol. The molecule has 1 aromatic carbocycles. The van der Waals surface area contributed by atoms with Gasteiger partial charge in [0, 0.05) is 17.4 Å². The first-order valence-electron chi connectivity index (χ1n) is 5.62. The number of phenolic OH excluding ortho intramolecular Hbond substituents is 1. The van der Waals surface area contributed by atoms with Crippen LogP contribution in [0.25, 0.3) is 11.5 Å². The van der Waals surface area contributed by atoms with E-state index in [9.17, 15) is 13.5 Å². The fourth-order valence-electron chi connectivity index (χ4n) is 1.56. The second-order valence-corrected chi connectivity index (χ2v) is 6.75. The molecule has 0 fully saturated rings. The van der Waals surface area contributed by atoms with Gasteiger partial charge in [0.25, 0.3) is 5.89 Å². The second kappa shape index (κ2) is 4.65. The van der Waals surface area contributed by atoms with Gasteiger partial charge in [0.05, 0.1) is 0 Å². The van der Waals surface area contributed by atoms with Crippen molar-refractivity contribution in [3.63, 3.8) is 0 Å². The van der Waals surface area contributed by atoms with E-state index in [0.29, 0.717) is 11.1 Å². The van der Waals surface area contributed by atoms with Gasteiger partial charge in [-0.25, -0.2) is 8.42 Å². The first-order chi connectivity index (χ1) is 8.80. The van der Waals surface area contributed by atoms with E-state index in [-0.39, 0.29) is 17.5 Å². The van der Waals surface area contributed by atoms with Gasteiger partial charge in [0.2, 0.25) is 0 Å². The molecule has 6 nitrogen and oxygen atoms in total. The Morgan fingerprint density at radius 2 is 2.05 bits per heavy atom. The molecule has 1 unspecified atom stereocenters. The van der Waals surface area contributed by atoms with E-state index < -0.39 is 15.1 Å². The summed E-state index contributed by atoms with van der Waals surface area (Å²) in [6, 6.07) is 4.92. The summed E-state index contributed by atoms with van der Waals surface area (Å²) in [5, 5.41) is 12.5. The lowest BCUT2D eigenvalue weighted by atomic mass is 10.1. The fourth-order valence-corrected chi connectivity index (χ4v) is 2.03. The molecule has 0 spiro atoms. The molecule has 0 saturated carbocycles. The number of benzene rings is 1. The van der Waals surface area contributed by atoms with E-state index in [1.165, 1.54) is 6.92 Å². The number of aromatic hydroxyl groups is 1. The molecule has 2 aromatic rings. The Labute approximate surface area is 111 Å². The number of sulfone groups is 1. The zero-order valence-electron chi connectivity index (χ0n) is 10.8. The van der Waals surface area contributed by atoms with Gasteiger partial charge in [-0.3, -0.25) is 0 Å². The fraction of sp³-hybridized carbons (Fsp3) is 0.333. The summed E-state index contributed by atoms with van der Waals surface area (Å²) in [6.07, 6.45) is 1.12. The van der Waals surface area contributed by atoms with Crippen LogP contribution in [-0.2, 0) is 9.84 Å². The van der Waals surface area contributed by atoms with Crippen LogP contribution in [-0.4, -0.2) is 29.9 Å². The topological polar surface area (TPSA) is 93.3 Å². The van der Waals surface area contributed by atoms with Gasteiger partial charge in [0.15, 0.2) is 15.7 Å². The summed E-state index contributed by atoms with van der Waals surface area (Å²) in [6.45, 7) is 3.22. The van der Waals surface area contributed by atoms with Gasteiger partial charge in [-0.1, -0.05) is 11.2 Å². The van der Waals surface area contributed by atoms with Gasteiger partial charge < -0.3 is 9.63 Å². The molecule has 1 N–H and O–H groups in total. The maximum atomic E-state index is 11.4. The van der Waals surface area contributed by atoms with Crippen molar-refractivity contribution in [1.82, 2.24) is 10.1 Å². The van der Waals surface area contributed by atoms with E-state index in [0.717, 1.165) is 6.26 Å². The number of rotatable bonds is 3. The zero-order valence-corrected chi connectivity index (χ0v) is 11.6. The van der Waals surface area contributed by atoms with Gasteiger partial charge in [0.1, 0.15) is 11.0 Å². The predicted molar refractivity (Wildman–Crippen MR) is 69.4 cm³/mol. The quantitative estimate of drug-likeness (QED) is 0.923. The molecular weight excluding hydrogens is 268 g/mol.